The summed E-state index contributed by atoms with van der Waals surface area (Å²) < 4.78 is 0.576. The van der Waals surface area contributed by atoms with Gasteiger partial charge in [-0.3, -0.25) is 19.3 Å². The van der Waals surface area contributed by atoms with Crippen LogP contribution in [0.4, 0.5) is 0 Å². The smallest absolute Gasteiger partial charge is 0.303 e. The number of amides is 2. The molecule has 0 aromatic heterocycles. The molecule has 0 radical (unpaired) electrons. The highest BCUT2D eigenvalue weighted by Gasteiger charge is 2.35. The molecule has 0 spiro atoms. The second-order valence-electron chi connectivity index (χ2n) is 4.65. The molecule has 0 aromatic rings. The Balaban J connectivity index is 2.10. The molecule has 7 heteroatoms. The van der Waals surface area contributed by atoms with E-state index in [2.05, 4.69) is 31.9 Å². The lowest BCUT2D eigenvalue weighted by molar-refractivity contribution is -0.138. The van der Waals surface area contributed by atoms with Gasteiger partial charge in [-0.2, -0.15) is 0 Å². The van der Waals surface area contributed by atoms with E-state index in [9.17, 15) is 14.4 Å². The average molecular weight is 411 g/mol. The zero-order chi connectivity index (χ0) is 15.1. The van der Waals surface area contributed by atoms with E-state index in [4.69, 9.17) is 5.11 Å². The molecule has 1 N–H and O–H groups in total. The van der Waals surface area contributed by atoms with Gasteiger partial charge in [0.15, 0.2) is 0 Å². The molecule has 0 aliphatic carbocycles. The number of carboxylic acids is 1. The predicted octanol–water partition coefficient (Wildman–Crippen LogP) is 3.17. The Morgan fingerprint density at radius 3 is 1.85 bits per heavy atom. The number of hydrogen-bond acceptors (Lipinski definition) is 3. The molecule has 1 rings (SSSR count). The largest absolute Gasteiger partial charge is 0.481 e. The molecule has 5 nitrogen and oxygen atoms in total. The molecular weight excluding hydrogens is 394 g/mol. The summed E-state index contributed by atoms with van der Waals surface area (Å²) in [7, 11) is 0. The van der Waals surface area contributed by atoms with Gasteiger partial charge in [-0.25, -0.2) is 0 Å². The second-order valence-corrected chi connectivity index (χ2v) is 6.24. The molecule has 0 fully saturated rings. The maximum atomic E-state index is 11.7. The predicted molar refractivity (Wildman–Crippen MR) is 81.6 cm³/mol. The number of imide groups is 1. The van der Waals surface area contributed by atoms with Crippen LogP contribution < -0.4 is 0 Å². The van der Waals surface area contributed by atoms with Crippen LogP contribution in [0.15, 0.2) is 8.96 Å². The molecule has 20 heavy (non-hydrogen) atoms. The first-order valence-electron chi connectivity index (χ1n) is 6.58. The fraction of sp³-hybridized carbons (Fsp3) is 0.615. The highest BCUT2D eigenvalue weighted by molar-refractivity contribution is 9.14. The van der Waals surface area contributed by atoms with Gasteiger partial charge < -0.3 is 5.11 Å². The quantitative estimate of drug-likeness (QED) is 0.468. The molecular formula is C13H17Br2NO4. The van der Waals surface area contributed by atoms with Crippen molar-refractivity contribution in [1.29, 1.82) is 0 Å². The molecule has 0 saturated heterocycles. The van der Waals surface area contributed by atoms with Crippen molar-refractivity contribution in [1.82, 2.24) is 4.90 Å². The minimum absolute atomic E-state index is 0.227. The summed E-state index contributed by atoms with van der Waals surface area (Å²) in [6, 6.07) is 0. The monoisotopic (exact) mass is 409 g/mol. The van der Waals surface area contributed by atoms with Crippen LogP contribution in [0, 0.1) is 0 Å². The van der Waals surface area contributed by atoms with Crippen LogP contribution in [0.2, 0.25) is 0 Å². The Hall–Kier alpha value is -0.690. The van der Waals surface area contributed by atoms with Crippen molar-refractivity contribution < 1.29 is 19.5 Å². The Bertz CT molecular complexity index is 410. The standard InChI is InChI=1S/C13H17Br2NO4/c14-10-11(15)13(20)16(12(10)19)8-6-4-2-1-3-5-7-9(17)18/h1-8H2,(H,17,18). The third kappa shape index (κ3) is 5.01. The first-order valence-corrected chi connectivity index (χ1v) is 8.17. The van der Waals surface area contributed by atoms with Crippen molar-refractivity contribution in [3.63, 3.8) is 0 Å². The number of rotatable bonds is 9. The fourth-order valence-corrected chi connectivity index (χ4v) is 2.74. The lowest BCUT2D eigenvalue weighted by Crippen LogP contribution is -2.32. The summed E-state index contributed by atoms with van der Waals surface area (Å²) in [5.41, 5.74) is 0. The van der Waals surface area contributed by atoms with Gasteiger partial charge in [0.1, 0.15) is 8.96 Å². The molecule has 1 aliphatic heterocycles. The molecule has 0 aromatic carbocycles. The lowest BCUT2D eigenvalue weighted by atomic mass is 10.1. The van der Waals surface area contributed by atoms with Crippen molar-refractivity contribution in [2.45, 2.75) is 44.9 Å². The van der Waals surface area contributed by atoms with Gasteiger partial charge in [0.25, 0.3) is 11.8 Å². The summed E-state index contributed by atoms with van der Waals surface area (Å²) in [4.78, 5) is 35.0. The SMILES string of the molecule is O=C(O)CCCCCCCCN1C(=O)C(Br)=C(Br)C1=O. The summed E-state index contributed by atoms with van der Waals surface area (Å²) >= 11 is 6.17. The molecule has 1 aliphatic rings. The molecule has 0 atom stereocenters. The number of hydrogen-bond donors (Lipinski definition) is 1. The van der Waals surface area contributed by atoms with E-state index in [-0.39, 0.29) is 27.2 Å². The van der Waals surface area contributed by atoms with Crippen molar-refractivity contribution in [3.05, 3.63) is 8.96 Å². The van der Waals surface area contributed by atoms with Crippen LogP contribution in [-0.2, 0) is 14.4 Å². The van der Waals surface area contributed by atoms with E-state index in [0.29, 0.717) is 13.0 Å². The van der Waals surface area contributed by atoms with Crippen molar-refractivity contribution >= 4 is 49.6 Å². The van der Waals surface area contributed by atoms with Crippen LogP contribution in [0.25, 0.3) is 0 Å². The number of carbonyl (C=O) groups is 3. The molecule has 112 valence electrons. The number of unbranched alkanes of at least 4 members (excludes halogenated alkanes) is 5. The van der Waals surface area contributed by atoms with E-state index >= 15 is 0 Å². The Labute approximate surface area is 134 Å². The summed E-state index contributed by atoms with van der Waals surface area (Å²) in [6.07, 6.45) is 5.53. The molecule has 0 saturated carbocycles. The highest BCUT2D eigenvalue weighted by atomic mass is 79.9. The molecule has 2 amide bonds. The highest BCUT2D eigenvalue weighted by Crippen LogP contribution is 2.29. The summed E-state index contributed by atoms with van der Waals surface area (Å²) in [5.74, 6) is -1.33. The average Bonchev–Trinajstić information content (AvgIpc) is 2.58. The maximum absolute atomic E-state index is 11.7. The van der Waals surface area contributed by atoms with Gasteiger partial charge in [-0.1, -0.05) is 25.7 Å². The Morgan fingerprint density at radius 1 is 0.900 bits per heavy atom. The van der Waals surface area contributed by atoms with Crippen molar-refractivity contribution in [2.75, 3.05) is 6.54 Å². The minimum Gasteiger partial charge on any atom is -0.481 e. The van der Waals surface area contributed by atoms with Gasteiger partial charge in [-0.05, 0) is 44.7 Å². The Kier molecular flexibility index (Phi) is 7.43. The first kappa shape index (κ1) is 17.4. The number of carboxylic acid groups (broad SMARTS) is 1. The van der Waals surface area contributed by atoms with Gasteiger partial charge >= 0.3 is 5.97 Å². The Morgan fingerprint density at radius 2 is 1.35 bits per heavy atom. The molecule has 0 bridgehead atoms. The number of nitrogens with zero attached hydrogens (tertiary/aromatic N) is 1. The van der Waals surface area contributed by atoms with Crippen LogP contribution >= 0.6 is 31.9 Å². The van der Waals surface area contributed by atoms with E-state index in [1.54, 1.807) is 0 Å². The minimum atomic E-state index is -0.750. The number of aliphatic carboxylic acids is 1. The summed E-state index contributed by atoms with van der Waals surface area (Å²) in [6.45, 7) is 0.428. The van der Waals surface area contributed by atoms with Crippen molar-refractivity contribution in [3.8, 4) is 0 Å². The van der Waals surface area contributed by atoms with Crippen LogP contribution in [0.1, 0.15) is 44.9 Å². The lowest BCUT2D eigenvalue weighted by Gasteiger charge is -2.13. The third-order valence-electron chi connectivity index (χ3n) is 3.08. The first-order chi connectivity index (χ1) is 9.45. The van der Waals surface area contributed by atoms with Crippen LogP contribution in [0.3, 0.4) is 0 Å². The van der Waals surface area contributed by atoms with Crippen LogP contribution in [-0.4, -0.2) is 34.3 Å². The molecule has 0 unspecified atom stereocenters. The van der Waals surface area contributed by atoms with Crippen molar-refractivity contribution in [2.24, 2.45) is 0 Å². The number of carbonyl (C=O) groups excluding carboxylic acids is 2. The molecule has 1 heterocycles. The van der Waals surface area contributed by atoms with Gasteiger partial charge in [0.2, 0.25) is 0 Å². The normalized spacial score (nSPS) is 15.4. The second kappa shape index (κ2) is 8.56. The van der Waals surface area contributed by atoms with E-state index in [1.807, 2.05) is 0 Å². The van der Waals surface area contributed by atoms with E-state index in [1.165, 1.54) is 4.90 Å². The van der Waals surface area contributed by atoms with E-state index < -0.39 is 5.97 Å². The topological polar surface area (TPSA) is 74.7 Å². The number of halogens is 2. The van der Waals surface area contributed by atoms with Gasteiger partial charge in [-0.15, -0.1) is 0 Å². The van der Waals surface area contributed by atoms with Gasteiger partial charge in [0.05, 0.1) is 0 Å². The zero-order valence-electron chi connectivity index (χ0n) is 11.0. The summed E-state index contributed by atoms with van der Waals surface area (Å²) in [5, 5.41) is 8.49. The maximum Gasteiger partial charge on any atom is 0.303 e. The third-order valence-corrected chi connectivity index (χ3v) is 5.08. The van der Waals surface area contributed by atoms with E-state index in [0.717, 1.165) is 32.1 Å². The fourth-order valence-electron chi connectivity index (χ4n) is 1.97. The van der Waals surface area contributed by atoms with Gasteiger partial charge in [0, 0.05) is 13.0 Å². The van der Waals surface area contributed by atoms with Crippen LogP contribution in [0.5, 0.6) is 0 Å². The zero-order valence-corrected chi connectivity index (χ0v) is 14.2.